The third-order valence-electron chi connectivity index (χ3n) is 6.94. The summed E-state index contributed by atoms with van der Waals surface area (Å²) in [7, 11) is 0. The fourth-order valence-corrected chi connectivity index (χ4v) is 5.33. The summed E-state index contributed by atoms with van der Waals surface area (Å²) in [6, 6.07) is 0. The minimum Gasteiger partial charge on any atom is -0.370 e. The molecule has 0 unspecified atom stereocenters. The zero-order valence-corrected chi connectivity index (χ0v) is 15.5. The summed E-state index contributed by atoms with van der Waals surface area (Å²) in [6.45, 7) is 5.01. The molecule has 1 amide bonds. The molecule has 26 heavy (non-hydrogen) atoms. The van der Waals surface area contributed by atoms with E-state index >= 15 is 0 Å². The maximum atomic E-state index is 12.3. The van der Waals surface area contributed by atoms with Gasteiger partial charge in [0.2, 0.25) is 5.91 Å². The molecule has 1 aromatic heterocycles. The molecule has 1 saturated carbocycles. The molecule has 3 aliphatic heterocycles. The highest BCUT2D eigenvalue weighted by Gasteiger charge is 2.43. The average molecular weight is 355 g/mol. The lowest BCUT2D eigenvalue weighted by Crippen LogP contribution is -2.40. The lowest BCUT2D eigenvalue weighted by atomic mass is 9.90. The van der Waals surface area contributed by atoms with Crippen molar-refractivity contribution in [3.63, 3.8) is 0 Å². The number of rotatable bonds is 5. The highest BCUT2D eigenvalue weighted by molar-refractivity contribution is 5.81. The molecule has 1 N–H and O–H groups in total. The number of hydrogen-bond donors (Lipinski definition) is 1. The second kappa shape index (κ2) is 6.48. The van der Waals surface area contributed by atoms with Crippen LogP contribution in [0.2, 0.25) is 0 Å². The van der Waals surface area contributed by atoms with Gasteiger partial charge in [-0.25, -0.2) is 9.97 Å². The van der Waals surface area contributed by atoms with Crippen LogP contribution in [0.5, 0.6) is 0 Å². The average Bonchev–Trinajstić information content (AvgIpc) is 3.32. The lowest BCUT2D eigenvalue weighted by molar-refractivity contribution is -0.133. The Labute approximate surface area is 155 Å². The molecule has 4 heterocycles. The van der Waals surface area contributed by atoms with Crippen LogP contribution in [0, 0.1) is 5.92 Å². The highest BCUT2D eigenvalue weighted by Crippen LogP contribution is 2.41. The third kappa shape index (κ3) is 2.88. The fourth-order valence-electron chi connectivity index (χ4n) is 5.33. The topological polar surface area (TPSA) is 61.4 Å². The maximum absolute atomic E-state index is 12.3. The van der Waals surface area contributed by atoms with E-state index in [1.54, 1.807) is 6.33 Å². The molecule has 0 atom stereocenters. The molecule has 140 valence electrons. The van der Waals surface area contributed by atoms with Gasteiger partial charge in [0.05, 0.1) is 12.2 Å². The summed E-state index contributed by atoms with van der Waals surface area (Å²) in [6.07, 6.45) is 11.3. The van der Waals surface area contributed by atoms with Gasteiger partial charge in [-0.1, -0.05) is 0 Å². The van der Waals surface area contributed by atoms with Crippen molar-refractivity contribution in [2.24, 2.45) is 5.92 Å². The van der Waals surface area contributed by atoms with Crippen molar-refractivity contribution in [1.29, 1.82) is 0 Å². The van der Waals surface area contributed by atoms with Crippen LogP contribution in [-0.4, -0.2) is 57.4 Å². The molecular weight excluding hydrogens is 326 g/mol. The predicted octanol–water partition coefficient (Wildman–Crippen LogP) is 2.20. The van der Waals surface area contributed by atoms with Crippen LogP contribution in [-0.2, 0) is 17.8 Å². The minimum atomic E-state index is 0.288. The van der Waals surface area contributed by atoms with E-state index in [0.717, 1.165) is 43.9 Å². The Morgan fingerprint density at radius 1 is 1.19 bits per heavy atom. The van der Waals surface area contributed by atoms with Crippen molar-refractivity contribution in [1.82, 2.24) is 19.8 Å². The molecule has 1 aromatic rings. The Bertz CT molecular complexity index is 691. The molecule has 0 radical (unpaired) electrons. The Hall–Kier alpha value is -1.69. The van der Waals surface area contributed by atoms with Gasteiger partial charge in [0.25, 0.3) is 0 Å². The Kier molecular flexibility index (Phi) is 4.11. The van der Waals surface area contributed by atoms with Crippen LogP contribution in [0.25, 0.3) is 0 Å². The normalized spacial score (nSPS) is 24.4. The second-order valence-corrected chi connectivity index (χ2v) is 8.53. The minimum absolute atomic E-state index is 0.288. The summed E-state index contributed by atoms with van der Waals surface area (Å²) >= 11 is 0. The first-order valence-electron chi connectivity index (χ1n) is 10.4. The Morgan fingerprint density at radius 2 is 2.00 bits per heavy atom. The third-order valence-corrected chi connectivity index (χ3v) is 6.94. The highest BCUT2D eigenvalue weighted by atomic mass is 16.2. The molecule has 6 heteroatoms. The summed E-state index contributed by atoms with van der Waals surface area (Å²) in [5.74, 6) is 1.61. The van der Waals surface area contributed by atoms with Crippen LogP contribution in [0.15, 0.2) is 6.33 Å². The largest absolute Gasteiger partial charge is 0.370 e. The zero-order valence-electron chi connectivity index (χ0n) is 15.5. The first-order valence-corrected chi connectivity index (χ1v) is 10.4. The van der Waals surface area contributed by atoms with Gasteiger partial charge in [0.1, 0.15) is 12.1 Å². The van der Waals surface area contributed by atoms with Gasteiger partial charge >= 0.3 is 0 Å². The predicted molar refractivity (Wildman–Crippen MR) is 99.8 cm³/mol. The number of anilines is 1. The van der Waals surface area contributed by atoms with Gasteiger partial charge in [-0.3, -0.25) is 9.69 Å². The zero-order chi connectivity index (χ0) is 17.6. The van der Waals surface area contributed by atoms with Crippen molar-refractivity contribution >= 4 is 11.7 Å². The van der Waals surface area contributed by atoms with E-state index in [-0.39, 0.29) is 5.92 Å². The van der Waals surface area contributed by atoms with Crippen LogP contribution in [0.4, 0.5) is 5.82 Å². The fraction of sp³-hybridized carbons (Fsp3) is 0.750. The van der Waals surface area contributed by atoms with Crippen LogP contribution in [0.3, 0.4) is 0 Å². The number of nitrogens with one attached hydrogen (secondary N) is 1. The van der Waals surface area contributed by atoms with E-state index in [1.807, 2.05) is 4.90 Å². The number of carbonyl (C=O) groups excluding carboxylic acids is 1. The Morgan fingerprint density at radius 3 is 2.77 bits per heavy atom. The van der Waals surface area contributed by atoms with Gasteiger partial charge < -0.3 is 10.2 Å². The number of aromatic nitrogens is 2. The van der Waals surface area contributed by atoms with Gasteiger partial charge in [-0.15, -0.1) is 0 Å². The smallest absolute Gasteiger partial charge is 0.226 e. The summed E-state index contributed by atoms with van der Waals surface area (Å²) in [5, 5.41) is 3.61. The molecular formula is C20H29N5O. The molecule has 0 spiro atoms. The molecule has 1 aliphatic carbocycles. The lowest BCUT2D eigenvalue weighted by Gasteiger charge is -2.33. The number of fused-ring (bicyclic) bond motifs is 2. The standard InChI is InChI=1S/C20H29N5O/c26-19(15-3-4-15)24-12-5-16-17(13-24)22-14-23-18(16)21-9-8-20-6-1-10-25(20)11-2-7-20/h14-15H,1-13H2,(H,21,22,23). The molecule has 5 rings (SSSR count). The molecule has 2 saturated heterocycles. The van der Waals surface area contributed by atoms with Gasteiger partial charge in [0, 0.05) is 30.1 Å². The molecule has 6 nitrogen and oxygen atoms in total. The second-order valence-electron chi connectivity index (χ2n) is 8.53. The molecule has 0 aromatic carbocycles. The molecule has 0 bridgehead atoms. The van der Waals surface area contributed by atoms with Gasteiger partial charge in [0.15, 0.2) is 0 Å². The van der Waals surface area contributed by atoms with E-state index in [0.29, 0.717) is 18.0 Å². The van der Waals surface area contributed by atoms with E-state index in [2.05, 4.69) is 20.2 Å². The van der Waals surface area contributed by atoms with Crippen LogP contribution < -0.4 is 5.32 Å². The van der Waals surface area contributed by atoms with Crippen molar-refractivity contribution in [2.75, 3.05) is 31.5 Å². The van der Waals surface area contributed by atoms with Crippen LogP contribution >= 0.6 is 0 Å². The molecule has 3 fully saturated rings. The maximum Gasteiger partial charge on any atom is 0.226 e. The number of amides is 1. The summed E-state index contributed by atoms with van der Waals surface area (Å²) in [5.41, 5.74) is 2.71. The number of carbonyl (C=O) groups is 1. The molecule has 4 aliphatic rings. The first kappa shape index (κ1) is 16.5. The SMILES string of the molecule is O=C(C1CC1)N1CCc2c(ncnc2NCCC23CCCN2CCC3)C1. The van der Waals surface area contributed by atoms with Gasteiger partial charge in [-0.05, 0) is 64.5 Å². The summed E-state index contributed by atoms with van der Waals surface area (Å²) < 4.78 is 0. The number of hydrogen-bond acceptors (Lipinski definition) is 5. The van der Waals surface area contributed by atoms with Crippen LogP contribution in [0.1, 0.15) is 56.2 Å². The van der Waals surface area contributed by atoms with E-state index < -0.39 is 0 Å². The van der Waals surface area contributed by atoms with Crippen molar-refractivity contribution in [3.8, 4) is 0 Å². The van der Waals surface area contributed by atoms with E-state index in [1.165, 1.54) is 50.8 Å². The van der Waals surface area contributed by atoms with Gasteiger partial charge in [-0.2, -0.15) is 0 Å². The number of nitrogens with zero attached hydrogens (tertiary/aromatic N) is 4. The van der Waals surface area contributed by atoms with Crippen molar-refractivity contribution in [2.45, 2.75) is 63.5 Å². The van der Waals surface area contributed by atoms with Crippen molar-refractivity contribution < 1.29 is 4.79 Å². The Balaban J connectivity index is 1.23. The van der Waals surface area contributed by atoms with E-state index in [9.17, 15) is 4.79 Å². The quantitative estimate of drug-likeness (QED) is 0.877. The van der Waals surface area contributed by atoms with E-state index in [4.69, 9.17) is 0 Å². The first-order chi connectivity index (χ1) is 12.8. The van der Waals surface area contributed by atoms with Crippen molar-refractivity contribution in [3.05, 3.63) is 17.6 Å². The summed E-state index contributed by atoms with van der Waals surface area (Å²) in [4.78, 5) is 26.0. The monoisotopic (exact) mass is 355 g/mol.